The van der Waals surface area contributed by atoms with Gasteiger partial charge in [0.1, 0.15) is 6.20 Å². The molecule has 0 radical (unpaired) electrons. The maximum atomic E-state index is 11.3. The van der Waals surface area contributed by atoms with Crippen molar-refractivity contribution in [2.75, 3.05) is 20.8 Å². The minimum absolute atomic E-state index is 0.139. The van der Waals surface area contributed by atoms with Gasteiger partial charge in [-0.15, -0.1) is 17.4 Å². The maximum Gasteiger partial charge on any atom is 0.320 e. The highest BCUT2D eigenvalue weighted by atomic mass is 27.2. The molecule has 1 N–H and O–H groups in total. The summed E-state index contributed by atoms with van der Waals surface area (Å²) in [7, 11) is 2.90. The van der Waals surface area contributed by atoms with Crippen molar-refractivity contribution in [3.05, 3.63) is 22.0 Å². The van der Waals surface area contributed by atoms with E-state index >= 15 is 0 Å². The summed E-state index contributed by atoms with van der Waals surface area (Å²) in [6.07, 6.45) is 1.21. The lowest BCUT2D eigenvalue weighted by Gasteiger charge is -1.97. The molecule has 0 fully saturated rings. The Morgan fingerprint density at radius 3 is 2.50 bits per heavy atom. The largest absolute Gasteiger partial charge is 0.383 e. The van der Waals surface area contributed by atoms with Gasteiger partial charge in [-0.1, -0.05) is 0 Å². The second-order valence-corrected chi connectivity index (χ2v) is 8.15. The molecule has 1 amide bonds. The molecule has 1 aromatic heterocycles. The van der Waals surface area contributed by atoms with Gasteiger partial charge < -0.3 is 10.1 Å². The van der Waals surface area contributed by atoms with Crippen molar-refractivity contribution in [2.24, 2.45) is 0 Å². The molecule has 1 aromatic rings. The fraction of sp³-hybridized carbons (Fsp3) is 0.636. The highest BCUT2D eigenvalue weighted by Crippen LogP contribution is 2.16. The number of nitro groups is 1. The summed E-state index contributed by atoms with van der Waals surface area (Å²) in [6, 6.07) is 0. The Bertz CT molecular complexity index is 445. The lowest BCUT2D eigenvalue weighted by Crippen LogP contribution is -2.20. The number of rotatable bonds is 5. The lowest BCUT2D eigenvalue weighted by molar-refractivity contribution is -0.385. The molecule has 0 aliphatic heterocycles. The quantitative estimate of drug-likeness (QED) is 0.500. The number of ether oxygens (including phenoxy) is 1. The van der Waals surface area contributed by atoms with Gasteiger partial charge in [0.15, 0.2) is 0 Å². The molecule has 0 spiro atoms. The Morgan fingerprint density at radius 1 is 1.55 bits per heavy atom. The first-order chi connectivity index (χ1) is 9.33. The van der Waals surface area contributed by atoms with Crippen molar-refractivity contribution in [3.63, 3.8) is 0 Å². The van der Waals surface area contributed by atoms with Crippen LogP contribution in [0.15, 0.2) is 6.20 Å². The molecule has 1 heterocycles. The van der Waals surface area contributed by atoms with E-state index in [2.05, 4.69) is 27.8 Å². The third-order valence-electron chi connectivity index (χ3n) is 1.91. The van der Waals surface area contributed by atoms with Crippen molar-refractivity contribution in [2.45, 2.75) is 23.9 Å². The molecule has 0 saturated heterocycles. The molecule has 112 valence electrons. The Hall–Kier alpha value is -1.43. The van der Waals surface area contributed by atoms with Crippen LogP contribution in [-0.4, -0.2) is 55.5 Å². The van der Waals surface area contributed by atoms with E-state index in [-0.39, 0.29) is 25.5 Å². The Kier molecular flexibility index (Phi) is 8.80. The van der Waals surface area contributed by atoms with E-state index < -0.39 is 10.8 Å². The molecule has 0 unspecified atom stereocenters. The Morgan fingerprint density at radius 2 is 2.10 bits per heavy atom. The zero-order valence-corrected chi connectivity index (χ0v) is 13.7. The van der Waals surface area contributed by atoms with Crippen molar-refractivity contribution in [1.29, 1.82) is 0 Å². The minimum atomic E-state index is -0.638. The number of nitrogens with one attached hydrogen (secondary N) is 1. The van der Waals surface area contributed by atoms with Crippen LogP contribution in [0.25, 0.3) is 0 Å². The van der Waals surface area contributed by atoms with Crippen LogP contribution in [0.5, 0.6) is 0 Å². The molecule has 0 aliphatic rings. The number of aromatic nitrogens is 2. The molecule has 0 saturated carbocycles. The molecule has 0 atom stereocenters. The maximum absolute atomic E-state index is 11.3. The normalized spacial score (nSPS) is 9.45. The highest BCUT2D eigenvalue weighted by molar-refractivity contribution is 6.54. The lowest BCUT2D eigenvalue weighted by atomic mass is 10.3. The molecular formula is C11H21AlN4O4. The second-order valence-electron chi connectivity index (χ2n) is 4.69. The van der Waals surface area contributed by atoms with Crippen LogP contribution in [0.1, 0.15) is 10.5 Å². The first-order valence-electron chi connectivity index (χ1n) is 6.26. The van der Waals surface area contributed by atoms with Crippen molar-refractivity contribution in [1.82, 2.24) is 15.1 Å². The van der Waals surface area contributed by atoms with E-state index in [0.717, 1.165) is 0 Å². The van der Waals surface area contributed by atoms with Gasteiger partial charge in [-0.25, -0.2) is 0 Å². The molecule has 20 heavy (non-hydrogen) atoms. The predicted molar refractivity (Wildman–Crippen MR) is 77.5 cm³/mol. The van der Waals surface area contributed by atoms with Gasteiger partial charge >= 0.3 is 5.69 Å². The number of methoxy groups -OCH3 is 1. The van der Waals surface area contributed by atoms with E-state index in [1.807, 2.05) is 0 Å². The fourth-order valence-electron chi connectivity index (χ4n) is 1.12. The van der Waals surface area contributed by atoms with Crippen LogP contribution in [0.3, 0.4) is 0 Å². The van der Waals surface area contributed by atoms with Crippen LogP contribution >= 0.6 is 0 Å². The summed E-state index contributed by atoms with van der Waals surface area (Å²) in [5.41, 5.74) is -0.501. The number of amides is 1. The van der Waals surface area contributed by atoms with Gasteiger partial charge in [0.25, 0.3) is 20.1 Å². The minimum Gasteiger partial charge on any atom is -0.383 e. The van der Waals surface area contributed by atoms with Crippen molar-refractivity contribution in [3.8, 4) is 0 Å². The van der Waals surface area contributed by atoms with Gasteiger partial charge in [-0.05, 0) is 0 Å². The summed E-state index contributed by atoms with van der Waals surface area (Å²) < 4.78 is 6.12. The predicted octanol–water partition coefficient (Wildman–Crippen LogP) is 1.17. The molecule has 0 aromatic carbocycles. The van der Waals surface area contributed by atoms with Gasteiger partial charge in [0.05, 0.1) is 18.1 Å². The summed E-state index contributed by atoms with van der Waals surface area (Å²) in [6.45, 7) is 0.723. The Labute approximate surface area is 122 Å². The van der Waals surface area contributed by atoms with Gasteiger partial charge in [-0.3, -0.25) is 19.6 Å². The van der Waals surface area contributed by atoms with Crippen LogP contribution in [-0.2, 0) is 11.3 Å². The number of carbonyl (C=O) groups is 1. The van der Waals surface area contributed by atoms with Crippen LogP contribution < -0.4 is 5.32 Å². The van der Waals surface area contributed by atoms with E-state index in [1.54, 1.807) is 0 Å². The third-order valence-corrected chi connectivity index (χ3v) is 1.91. The third kappa shape index (κ3) is 6.66. The summed E-state index contributed by atoms with van der Waals surface area (Å²) in [4.78, 5) is 21.3. The zero-order valence-electron chi connectivity index (χ0n) is 12.5. The van der Waals surface area contributed by atoms with E-state index in [4.69, 9.17) is 4.74 Å². The molecule has 9 heteroatoms. The van der Waals surface area contributed by atoms with Crippen molar-refractivity contribution >= 4 is 25.7 Å². The smallest absolute Gasteiger partial charge is 0.320 e. The first-order valence-corrected chi connectivity index (χ1v) is 9.72. The van der Waals surface area contributed by atoms with Crippen molar-refractivity contribution < 1.29 is 14.5 Å². The van der Waals surface area contributed by atoms with E-state index in [0.29, 0.717) is 13.2 Å². The van der Waals surface area contributed by atoms with Gasteiger partial charge in [0, 0.05) is 14.2 Å². The molecule has 0 aliphatic carbocycles. The topological polar surface area (TPSA) is 99.3 Å². The Balaban J connectivity index is 0.000000796. The number of nitrogens with zero attached hydrogens (tertiary/aromatic N) is 3. The number of carbonyl (C=O) groups excluding carboxylic acids is 1. The van der Waals surface area contributed by atoms with Crippen LogP contribution in [0, 0.1) is 10.1 Å². The monoisotopic (exact) mass is 300 g/mol. The van der Waals surface area contributed by atoms with Gasteiger partial charge in [0.2, 0.25) is 5.69 Å². The zero-order chi connectivity index (χ0) is 15.7. The second kappa shape index (κ2) is 9.47. The molecular weight excluding hydrogens is 279 g/mol. The molecule has 1 rings (SSSR count). The summed E-state index contributed by atoms with van der Waals surface area (Å²) in [5.74, 6) is 6.34. The number of hydrogen-bond donors (Lipinski definition) is 1. The fourth-order valence-corrected chi connectivity index (χ4v) is 1.12. The average molecular weight is 300 g/mol. The van der Waals surface area contributed by atoms with Crippen LogP contribution in [0.4, 0.5) is 5.69 Å². The highest BCUT2D eigenvalue weighted by Gasteiger charge is 2.24. The first kappa shape index (κ1) is 18.6. The van der Waals surface area contributed by atoms with E-state index in [1.165, 1.54) is 25.0 Å². The molecule has 8 nitrogen and oxygen atoms in total. The van der Waals surface area contributed by atoms with Crippen LogP contribution in [0.2, 0.25) is 17.4 Å². The summed E-state index contributed by atoms with van der Waals surface area (Å²) in [5, 5.41) is 16.8. The van der Waals surface area contributed by atoms with Gasteiger partial charge in [-0.2, -0.15) is 5.10 Å². The summed E-state index contributed by atoms with van der Waals surface area (Å²) >= 11 is -0.139. The standard InChI is InChI=1S/C8H12N4O4.3CH3.Al/c1-9-8(13)7-6(12(14)15)5-11(10-7)3-4-16-2;;;;/h5H,3-4H2,1-2H3,(H,9,13);3*1H3;. The number of hydrogen-bond acceptors (Lipinski definition) is 5. The average Bonchev–Trinajstić information content (AvgIpc) is 2.79. The molecule has 0 bridgehead atoms. The SMILES string of the molecule is CNC(=O)c1nn(CCOC)cc1[N+](=O)[O-].[CH3][Al]([CH3])[CH3]. The van der Waals surface area contributed by atoms with E-state index in [9.17, 15) is 14.9 Å².